The Morgan fingerprint density at radius 2 is 1.96 bits per heavy atom. The number of carbonyl (C=O) groups is 2. The second-order valence-electron chi connectivity index (χ2n) is 5.49. The molecule has 0 bridgehead atoms. The summed E-state index contributed by atoms with van der Waals surface area (Å²) in [7, 11) is 0. The number of carboxylic acid groups (broad SMARTS) is 1. The summed E-state index contributed by atoms with van der Waals surface area (Å²) in [4.78, 5) is 30.5. The Morgan fingerprint density at radius 1 is 1.12 bits per heavy atom. The lowest BCUT2D eigenvalue weighted by molar-refractivity contribution is -0.137. The van der Waals surface area contributed by atoms with Crippen molar-refractivity contribution >= 4 is 11.9 Å². The van der Waals surface area contributed by atoms with Gasteiger partial charge in [-0.3, -0.25) is 14.6 Å². The average molecular weight is 343 g/mol. The third-order valence-electron chi connectivity index (χ3n) is 3.46. The third kappa shape index (κ3) is 6.99. The van der Waals surface area contributed by atoms with Gasteiger partial charge in [0.05, 0.1) is 6.20 Å². The first kappa shape index (κ1) is 18.4. The highest BCUT2D eigenvalue weighted by Crippen LogP contribution is 2.19. The number of rotatable bonds is 10. The molecule has 25 heavy (non-hydrogen) atoms. The molecule has 0 saturated heterocycles. The van der Waals surface area contributed by atoms with Crippen molar-refractivity contribution < 1.29 is 19.4 Å². The molecule has 0 fully saturated rings. The van der Waals surface area contributed by atoms with E-state index < -0.39 is 5.97 Å². The van der Waals surface area contributed by atoms with Crippen molar-refractivity contribution in [3.05, 3.63) is 48.4 Å². The Balaban J connectivity index is 1.74. The molecular formula is C18H21N3O4. The molecule has 0 aliphatic heterocycles. The van der Waals surface area contributed by atoms with Crippen LogP contribution in [0.15, 0.2) is 42.9 Å². The first-order chi connectivity index (χ1) is 12.1. The van der Waals surface area contributed by atoms with Gasteiger partial charge in [0.1, 0.15) is 5.75 Å². The van der Waals surface area contributed by atoms with Crippen molar-refractivity contribution in [2.75, 3.05) is 6.54 Å². The number of aliphatic carboxylic acids is 1. The lowest BCUT2D eigenvalue weighted by Gasteiger charge is -2.08. The number of carbonyl (C=O) groups excluding carboxylic acids is 1. The Morgan fingerprint density at radius 3 is 2.72 bits per heavy atom. The van der Waals surface area contributed by atoms with E-state index in [2.05, 4.69) is 15.3 Å². The molecule has 0 radical (unpaired) electrons. The summed E-state index contributed by atoms with van der Waals surface area (Å²) < 4.78 is 5.56. The minimum Gasteiger partial charge on any atom is -0.481 e. The Kier molecular flexibility index (Phi) is 7.37. The van der Waals surface area contributed by atoms with E-state index in [-0.39, 0.29) is 12.3 Å². The van der Waals surface area contributed by atoms with Gasteiger partial charge in [-0.05, 0) is 31.0 Å². The van der Waals surface area contributed by atoms with Gasteiger partial charge in [-0.1, -0.05) is 18.9 Å². The lowest BCUT2D eigenvalue weighted by atomic mass is 10.1. The summed E-state index contributed by atoms with van der Waals surface area (Å²) in [5.41, 5.74) is 0.507. The highest BCUT2D eigenvalue weighted by Gasteiger charge is 2.07. The van der Waals surface area contributed by atoms with Crippen LogP contribution in [-0.4, -0.2) is 33.5 Å². The van der Waals surface area contributed by atoms with Crippen LogP contribution in [0.4, 0.5) is 0 Å². The number of amides is 1. The second-order valence-corrected chi connectivity index (χ2v) is 5.49. The summed E-state index contributed by atoms with van der Waals surface area (Å²) in [6.07, 6.45) is 8.02. The van der Waals surface area contributed by atoms with E-state index in [0.29, 0.717) is 30.2 Å². The van der Waals surface area contributed by atoms with Gasteiger partial charge < -0.3 is 15.2 Å². The molecule has 0 aliphatic carbocycles. The van der Waals surface area contributed by atoms with Gasteiger partial charge >= 0.3 is 5.97 Å². The molecule has 132 valence electrons. The van der Waals surface area contributed by atoms with Crippen molar-refractivity contribution in [3.8, 4) is 11.6 Å². The van der Waals surface area contributed by atoms with E-state index in [1.54, 1.807) is 30.5 Å². The number of hydrogen-bond acceptors (Lipinski definition) is 5. The molecule has 0 saturated carbocycles. The Hall–Kier alpha value is -2.96. The van der Waals surface area contributed by atoms with Crippen LogP contribution in [0.5, 0.6) is 11.6 Å². The molecule has 7 nitrogen and oxygen atoms in total. The highest BCUT2D eigenvalue weighted by atomic mass is 16.5. The van der Waals surface area contributed by atoms with Crippen LogP contribution in [0.3, 0.4) is 0 Å². The maximum Gasteiger partial charge on any atom is 0.303 e. The fraction of sp³-hybridized carbons (Fsp3) is 0.333. The van der Waals surface area contributed by atoms with Crippen molar-refractivity contribution in [2.45, 2.75) is 32.1 Å². The molecule has 2 aromatic rings. The molecule has 1 aromatic heterocycles. The molecule has 1 amide bonds. The molecule has 1 aromatic carbocycles. The van der Waals surface area contributed by atoms with E-state index in [1.807, 2.05) is 0 Å². The van der Waals surface area contributed by atoms with E-state index in [0.717, 1.165) is 19.3 Å². The molecule has 0 aliphatic rings. The number of ether oxygens (including phenoxy) is 1. The summed E-state index contributed by atoms with van der Waals surface area (Å²) in [6.45, 7) is 0.557. The van der Waals surface area contributed by atoms with Gasteiger partial charge in [0, 0.05) is 30.9 Å². The zero-order valence-electron chi connectivity index (χ0n) is 13.9. The fourth-order valence-corrected chi connectivity index (χ4v) is 2.22. The van der Waals surface area contributed by atoms with Crippen molar-refractivity contribution in [1.82, 2.24) is 15.3 Å². The highest BCUT2D eigenvalue weighted by molar-refractivity contribution is 5.94. The minimum atomic E-state index is -0.767. The fourth-order valence-electron chi connectivity index (χ4n) is 2.22. The molecule has 2 rings (SSSR count). The SMILES string of the molecule is O=C(O)CCCCCCNC(=O)c1cccc(Oc2cnccn2)c1. The van der Waals surface area contributed by atoms with Gasteiger partial charge in [-0.15, -0.1) is 0 Å². The number of nitrogens with one attached hydrogen (secondary N) is 1. The molecule has 7 heteroatoms. The van der Waals surface area contributed by atoms with E-state index in [4.69, 9.17) is 9.84 Å². The molecule has 0 spiro atoms. The number of hydrogen-bond donors (Lipinski definition) is 2. The van der Waals surface area contributed by atoms with Crippen LogP contribution in [0.2, 0.25) is 0 Å². The minimum absolute atomic E-state index is 0.171. The topological polar surface area (TPSA) is 101 Å². The zero-order valence-corrected chi connectivity index (χ0v) is 13.9. The van der Waals surface area contributed by atoms with Gasteiger partial charge in [0.2, 0.25) is 5.88 Å². The first-order valence-corrected chi connectivity index (χ1v) is 8.19. The molecule has 0 atom stereocenters. The number of carboxylic acids is 1. The number of unbranched alkanes of at least 4 members (excludes halogenated alkanes) is 3. The van der Waals surface area contributed by atoms with E-state index in [9.17, 15) is 9.59 Å². The average Bonchev–Trinajstić information content (AvgIpc) is 2.61. The maximum absolute atomic E-state index is 12.2. The maximum atomic E-state index is 12.2. The Bertz CT molecular complexity index is 692. The van der Waals surface area contributed by atoms with Crippen molar-refractivity contribution in [1.29, 1.82) is 0 Å². The predicted molar refractivity (Wildman–Crippen MR) is 91.6 cm³/mol. The van der Waals surface area contributed by atoms with Gasteiger partial charge in [0.15, 0.2) is 0 Å². The number of aromatic nitrogens is 2. The smallest absolute Gasteiger partial charge is 0.303 e. The van der Waals surface area contributed by atoms with Crippen molar-refractivity contribution in [2.24, 2.45) is 0 Å². The predicted octanol–water partition coefficient (Wildman–Crippen LogP) is 3.03. The van der Waals surface area contributed by atoms with Gasteiger partial charge in [-0.25, -0.2) is 4.98 Å². The zero-order chi connectivity index (χ0) is 17.9. The monoisotopic (exact) mass is 343 g/mol. The van der Waals surface area contributed by atoms with Crippen LogP contribution in [0, 0.1) is 0 Å². The Labute approximate surface area is 146 Å². The number of nitrogens with zero attached hydrogens (tertiary/aromatic N) is 2. The first-order valence-electron chi connectivity index (χ1n) is 8.19. The summed E-state index contributed by atoms with van der Waals surface area (Å²) in [5, 5.41) is 11.4. The summed E-state index contributed by atoms with van der Waals surface area (Å²) in [5.74, 6) is -0.0599. The summed E-state index contributed by atoms with van der Waals surface area (Å²) in [6, 6.07) is 6.85. The number of benzene rings is 1. The van der Waals surface area contributed by atoms with Crippen molar-refractivity contribution in [3.63, 3.8) is 0 Å². The second kappa shape index (κ2) is 10.0. The largest absolute Gasteiger partial charge is 0.481 e. The van der Waals surface area contributed by atoms with Crippen LogP contribution < -0.4 is 10.1 Å². The van der Waals surface area contributed by atoms with Crippen LogP contribution in [0.1, 0.15) is 42.5 Å². The lowest BCUT2D eigenvalue weighted by Crippen LogP contribution is -2.24. The molecule has 0 unspecified atom stereocenters. The van der Waals surface area contributed by atoms with E-state index in [1.165, 1.54) is 12.4 Å². The standard InChI is InChI=1S/C18H21N3O4/c22-17(23)8-3-1-2-4-9-21-18(24)14-6-5-7-15(12-14)25-16-13-19-10-11-20-16/h5-7,10-13H,1-4,8-9H2,(H,21,24)(H,22,23). The normalized spacial score (nSPS) is 10.2. The molecular weight excluding hydrogens is 322 g/mol. The third-order valence-corrected chi connectivity index (χ3v) is 3.46. The van der Waals surface area contributed by atoms with Crippen LogP contribution >= 0.6 is 0 Å². The molecule has 2 N–H and O–H groups in total. The van der Waals surface area contributed by atoms with Crippen LogP contribution in [0.25, 0.3) is 0 Å². The summed E-state index contributed by atoms with van der Waals surface area (Å²) >= 11 is 0. The van der Waals surface area contributed by atoms with Gasteiger partial charge in [-0.2, -0.15) is 0 Å². The quantitative estimate of drug-likeness (QED) is 0.643. The van der Waals surface area contributed by atoms with Gasteiger partial charge in [0.25, 0.3) is 5.91 Å². The van der Waals surface area contributed by atoms with Crippen LogP contribution in [-0.2, 0) is 4.79 Å². The molecule has 1 heterocycles. The van der Waals surface area contributed by atoms with E-state index >= 15 is 0 Å².